The van der Waals surface area contributed by atoms with E-state index < -0.39 is 11.6 Å². The van der Waals surface area contributed by atoms with Crippen LogP contribution in [-0.2, 0) is 11.3 Å². The fraction of sp³-hybridized carbons (Fsp3) is 0.526. The zero-order chi connectivity index (χ0) is 18.4. The Bertz CT molecular complexity index is 707. The molecule has 0 spiro atoms. The third-order valence-electron chi connectivity index (χ3n) is 4.88. The van der Waals surface area contributed by atoms with E-state index in [1.54, 1.807) is 13.3 Å². The van der Waals surface area contributed by atoms with Gasteiger partial charge in [0.15, 0.2) is 0 Å². The van der Waals surface area contributed by atoms with Gasteiger partial charge in [0, 0.05) is 43.9 Å². The summed E-state index contributed by atoms with van der Waals surface area (Å²) >= 11 is 0. The number of benzene rings is 1. The Balaban J connectivity index is 1.54. The lowest BCUT2D eigenvalue weighted by atomic mass is 9.98. The number of aromatic nitrogens is 2. The Kier molecular flexibility index (Phi) is 6.71. The van der Waals surface area contributed by atoms with Gasteiger partial charge in [-0.05, 0) is 44.0 Å². The number of halogens is 2. The second-order valence-electron chi connectivity index (χ2n) is 6.83. The fourth-order valence-corrected chi connectivity index (χ4v) is 3.52. The number of hydrogen-bond acceptors (Lipinski definition) is 4. The summed E-state index contributed by atoms with van der Waals surface area (Å²) in [7, 11) is 1.73. The normalized spacial score (nSPS) is 18.3. The van der Waals surface area contributed by atoms with Gasteiger partial charge in [0.05, 0.1) is 18.5 Å². The molecule has 2 heterocycles. The largest absolute Gasteiger partial charge is 0.383 e. The molecule has 0 radical (unpaired) electrons. The molecule has 3 rings (SSSR count). The molecule has 7 heteroatoms. The van der Waals surface area contributed by atoms with Crippen LogP contribution in [0.15, 0.2) is 24.4 Å². The molecule has 5 nitrogen and oxygen atoms in total. The molecular weight excluding hydrogens is 338 g/mol. The molecule has 2 aromatic rings. The molecule has 1 saturated heterocycles. The van der Waals surface area contributed by atoms with Gasteiger partial charge < -0.3 is 15.0 Å². The van der Waals surface area contributed by atoms with Crippen LogP contribution in [0.2, 0.25) is 0 Å². The molecular formula is C19H26F2N4O. The van der Waals surface area contributed by atoms with Gasteiger partial charge in [-0.2, -0.15) is 5.10 Å². The van der Waals surface area contributed by atoms with Crippen molar-refractivity contribution in [2.24, 2.45) is 5.92 Å². The monoisotopic (exact) mass is 364 g/mol. The number of nitrogens with zero attached hydrogens (tertiary/aromatic N) is 2. The van der Waals surface area contributed by atoms with Gasteiger partial charge in [-0.15, -0.1) is 0 Å². The van der Waals surface area contributed by atoms with E-state index in [4.69, 9.17) is 4.74 Å². The topological polar surface area (TPSA) is 53.2 Å². The fourth-order valence-electron chi connectivity index (χ4n) is 3.52. The van der Waals surface area contributed by atoms with Gasteiger partial charge in [0.1, 0.15) is 11.6 Å². The van der Waals surface area contributed by atoms with E-state index in [1.165, 1.54) is 25.0 Å². The maximum absolute atomic E-state index is 14.0. The highest BCUT2D eigenvalue weighted by Crippen LogP contribution is 2.25. The van der Waals surface area contributed by atoms with Crippen LogP contribution in [0, 0.1) is 17.6 Å². The Hall–Kier alpha value is -1.83. The van der Waals surface area contributed by atoms with E-state index in [-0.39, 0.29) is 0 Å². The summed E-state index contributed by atoms with van der Waals surface area (Å²) in [4.78, 5) is 2.44. The summed E-state index contributed by atoms with van der Waals surface area (Å²) in [6, 6.07) is 3.59. The third-order valence-corrected chi connectivity index (χ3v) is 4.88. The minimum Gasteiger partial charge on any atom is -0.383 e. The van der Waals surface area contributed by atoms with Gasteiger partial charge in [-0.3, -0.25) is 5.10 Å². The number of aromatic amines is 1. The van der Waals surface area contributed by atoms with Crippen LogP contribution < -0.4 is 5.32 Å². The molecule has 1 aromatic heterocycles. The van der Waals surface area contributed by atoms with Crippen molar-refractivity contribution in [2.45, 2.75) is 19.4 Å². The number of hydrogen-bond donors (Lipinski definition) is 2. The first-order valence-electron chi connectivity index (χ1n) is 9.07. The highest BCUT2D eigenvalue weighted by molar-refractivity contribution is 5.63. The molecule has 1 atom stereocenters. The molecule has 2 N–H and O–H groups in total. The molecule has 26 heavy (non-hydrogen) atoms. The second kappa shape index (κ2) is 9.21. The molecule has 1 fully saturated rings. The summed E-state index contributed by atoms with van der Waals surface area (Å²) in [5.41, 5.74) is 1.81. The highest BCUT2D eigenvalue weighted by atomic mass is 19.1. The number of nitrogens with one attached hydrogen (secondary N) is 2. The van der Waals surface area contributed by atoms with Gasteiger partial charge >= 0.3 is 0 Å². The summed E-state index contributed by atoms with van der Waals surface area (Å²) in [5, 5.41) is 10.3. The first-order valence-corrected chi connectivity index (χ1v) is 9.07. The van der Waals surface area contributed by atoms with E-state index in [0.717, 1.165) is 44.4 Å². The van der Waals surface area contributed by atoms with Crippen LogP contribution in [-0.4, -0.2) is 55.0 Å². The number of H-pyrrole nitrogens is 1. The average molecular weight is 364 g/mol. The lowest BCUT2D eigenvalue weighted by Gasteiger charge is -2.32. The van der Waals surface area contributed by atoms with Crippen LogP contribution in [0.3, 0.4) is 0 Å². The van der Waals surface area contributed by atoms with Crippen molar-refractivity contribution >= 4 is 0 Å². The summed E-state index contributed by atoms with van der Waals surface area (Å²) in [6.07, 6.45) is 4.10. The smallest absolute Gasteiger partial charge is 0.135 e. The van der Waals surface area contributed by atoms with Crippen LogP contribution in [0.1, 0.15) is 18.4 Å². The third kappa shape index (κ3) is 4.87. The van der Waals surface area contributed by atoms with E-state index in [1.807, 2.05) is 0 Å². The molecule has 1 aliphatic rings. The first kappa shape index (κ1) is 18.9. The van der Waals surface area contributed by atoms with Crippen molar-refractivity contribution in [1.82, 2.24) is 20.4 Å². The van der Waals surface area contributed by atoms with Crippen LogP contribution in [0.25, 0.3) is 11.3 Å². The number of piperidine rings is 1. The number of rotatable bonds is 8. The van der Waals surface area contributed by atoms with Gasteiger partial charge in [-0.1, -0.05) is 0 Å². The molecule has 1 aliphatic heterocycles. The standard InChI is InChI=1S/C19H26F2N4O/c1-26-8-7-25-6-2-3-14(13-25)10-22-11-15-12-23-24-19(15)17-5-4-16(20)9-18(17)21/h4-5,9,12,14,22H,2-3,6-8,10-11,13H2,1H3,(H,23,24). The van der Waals surface area contributed by atoms with Gasteiger partial charge in [0.2, 0.25) is 0 Å². The molecule has 0 bridgehead atoms. The van der Waals surface area contributed by atoms with Crippen molar-refractivity contribution in [1.29, 1.82) is 0 Å². The Morgan fingerprint density at radius 1 is 1.38 bits per heavy atom. The Labute approximate surface area is 152 Å². The van der Waals surface area contributed by atoms with Crippen LogP contribution >= 0.6 is 0 Å². The minimum atomic E-state index is -0.587. The van der Waals surface area contributed by atoms with Crippen LogP contribution in [0.4, 0.5) is 8.78 Å². The molecule has 0 saturated carbocycles. The van der Waals surface area contributed by atoms with E-state index in [2.05, 4.69) is 20.4 Å². The molecule has 0 aliphatic carbocycles. The van der Waals surface area contributed by atoms with Crippen LogP contribution in [0.5, 0.6) is 0 Å². The Morgan fingerprint density at radius 3 is 3.08 bits per heavy atom. The molecule has 1 aromatic carbocycles. The number of ether oxygens (including phenoxy) is 1. The molecule has 142 valence electrons. The quantitative estimate of drug-likeness (QED) is 0.756. The summed E-state index contributed by atoms with van der Waals surface area (Å²) in [6.45, 7) is 5.44. The van der Waals surface area contributed by atoms with Crippen molar-refractivity contribution in [3.8, 4) is 11.3 Å². The van der Waals surface area contributed by atoms with E-state index in [0.29, 0.717) is 23.7 Å². The zero-order valence-corrected chi connectivity index (χ0v) is 15.1. The lowest BCUT2D eigenvalue weighted by Crippen LogP contribution is -2.40. The maximum atomic E-state index is 14.0. The van der Waals surface area contributed by atoms with Crippen molar-refractivity contribution in [3.63, 3.8) is 0 Å². The van der Waals surface area contributed by atoms with Crippen molar-refractivity contribution in [3.05, 3.63) is 41.6 Å². The van der Waals surface area contributed by atoms with Crippen molar-refractivity contribution in [2.75, 3.05) is 39.9 Å². The predicted molar refractivity (Wildman–Crippen MR) is 96.7 cm³/mol. The predicted octanol–water partition coefficient (Wildman–Crippen LogP) is 2.80. The maximum Gasteiger partial charge on any atom is 0.135 e. The highest BCUT2D eigenvalue weighted by Gasteiger charge is 2.19. The molecule has 0 amide bonds. The summed E-state index contributed by atoms with van der Waals surface area (Å²) in [5.74, 6) is -0.573. The minimum absolute atomic E-state index is 0.337. The van der Waals surface area contributed by atoms with E-state index >= 15 is 0 Å². The average Bonchev–Trinajstić information content (AvgIpc) is 3.08. The Morgan fingerprint density at radius 2 is 2.27 bits per heavy atom. The first-order chi connectivity index (χ1) is 12.7. The lowest BCUT2D eigenvalue weighted by molar-refractivity contribution is 0.114. The zero-order valence-electron chi connectivity index (χ0n) is 15.1. The van der Waals surface area contributed by atoms with Gasteiger partial charge in [0.25, 0.3) is 0 Å². The molecule has 1 unspecified atom stereocenters. The van der Waals surface area contributed by atoms with Gasteiger partial charge in [-0.25, -0.2) is 8.78 Å². The SMILES string of the molecule is COCCN1CCCC(CNCc2cn[nH]c2-c2ccc(F)cc2F)C1. The number of methoxy groups -OCH3 is 1. The van der Waals surface area contributed by atoms with Crippen molar-refractivity contribution < 1.29 is 13.5 Å². The van der Waals surface area contributed by atoms with E-state index in [9.17, 15) is 8.78 Å². The summed E-state index contributed by atoms with van der Waals surface area (Å²) < 4.78 is 32.3. The second-order valence-corrected chi connectivity index (χ2v) is 6.83. The number of likely N-dealkylation sites (tertiary alicyclic amines) is 1.